The predicted molar refractivity (Wildman–Crippen MR) is 65.4 cm³/mol. The average Bonchev–Trinajstić information content (AvgIpc) is 2.07. The Balaban J connectivity index is 0.000000845. The summed E-state index contributed by atoms with van der Waals surface area (Å²) in [7, 11) is 0. The van der Waals surface area contributed by atoms with Crippen molar-refractivity contribution in [1.29, 1.82) is 0 Å². The molecule has 0 radical (unpaired) electrons. The van der Waals surface area contributed by atoms with Crippen molar-refractivity contribution in [3.63, 3.8) is 0 Å². The number of pyridine rings is 1. The minimum absolute atomic E-state index is 0. The molecular formula is C10H12Cl2N2. The number of aryl methyl sites for hydroxylation is 1. The summed E-state index contributed by atoms with van der Waals surface area (Å²) in [5.41, 5.74) is 7.67. The van der Waals surface area contributed by atoms with Gasteiger partial charge in [0.2, 0.25) is 0 Å². The average molecular weight is 231 g/mol. The van der Waals surface area contributed by atoms with E-state index in [4.69, 9.17) is 5.73 Å². The number of hydrogen-bond acceptors (Lipinski definition) is 2. The molecule has 0 fully saturated rings. The van der Waals surface area contributed by atoms with E-state index in [1.54, 1.807) is 0 Å². The van der Waals surface area contributed by atoms with Crippen molar-refractivity contribution < 1.29 is 0 Å². The van der Waals surface area contributed by atoms with Crippen molar-refractivity contribution in [2.75, 3.05) is 5.73 Å². The van der Waals surface area contributed by atoms with E-state index in [-0.39, 0.29) is 24.8 Å². The highest BCUT2D eigenvalue weighted by Gasteiger charge is 1.97. The van der Waals surface area contributed by atoms with Gasteiger partial charge in [-0.25, -0.2) is 4.98 Å². The van der Waals surface area contributed by atoms with Crippen LogP contribution in [0.1, 0.15) is 5.56 Å². The van der Waals surface area contributed by atoms with Gasteiger partial charge < -0.3 is 5.73 Å². The maximum Gasteiger partial charge on any atom is 0.127 e. The lowest BCUT2D eigenvalue weighted by Gasteiger charge is -2.01. The fourth-order valence-corrected chi connectivity index (χ4v) is 1.24. The monoisotopic (exact) mass is 230 g/mol. The Morgan fingerprint density at radius 1 is 1.14 bits per heavy atom. The van der Waals surface area contributed by atoms with E-state index in [1.165, 1.54) is 0 Å². The summed E-state index contributed by atoms with van der Waals surface area (Å²) < 4.78 is 0. The summed E-state index contributed by atoms with van der Waals surface area (Å²) in [6.45, 7) is 1.97. The normalized spacial score (nSPS) is 8.93. The Morgan fingerprint density at radius 3 is 2.50 bits per heavy atom. The molecule has 1 aromatic carbocycles. The minimum atomic E-state index is 0. The Bertz CT molecular complexity index is 389. The third-order valence-corrected chi connectivity index (χ3v) is 1.95. The standard InChI is InChI=1S/C10H10N2.2ClH/c1-7-6-8-4-2-3-5-9(8)12-10(7)11;;/h2-6H,1H3,(H2,11,12);2*1H. The first-order valence-corrected chi connectivity index (χ1v) is 3.89. The second kappa shape index (κ2) is 5.03. The summed E-state index contributed by atoms with van der Waals surface area (Å²) in [6, 6.07) is 10.0. The molecule has 14 heavy (non-hydrogen) atoms. The van der Waals surface area contributed by atoms with Gasteiger partial charge in [-0.1, -0.05) is 18.2 Å². The molecule has 0 aliphatic carbocycles. The summed E-state index contributed by atoms with van der Waals surface area (Å²) in [5, 5.41) is 1.14. The van der Waals surface area contributed by atoms with Gasteiger partial charge in [0, 0.05) is 5.39 Å². The van der Waals surface area contributed by atoms with Gasteiger partial charge in [0.15, 0.2) is 0 Å². The number of para-hydroxylation sites is 1. The van der Waals surface area contributed by atoms with Crippen LogP contribution >= 0.6 is 24.8 Å². The van der Waals surface area contributed by atoms with Crippen molar-refractivity contribution in [3.8, 4) is 0 Å². The first kappa shape index (κ1) is 13.0. The highest BCUT2D eigenvalue weighted by molar-refractivity contribution is 5.85. The summed E-state index contributed by atoms with van der Waals surface area (Å²) in [4.78, 5) is 4.25. The largest absolute Gasteiger partial charge is 0.383 e. The number of aromatic nitrogens is 1. The number of rotatable bonds is 0. The maximum absolute atomic E-state index is 5.67. The van der Waals surface area contributed by atoms with Crippen LogP contribution in [0.25, 0.3) is 10.9 Å². The first-order chi connectivity index (χ1) is 5.77. The molecule has 0 atom stereocenters. The molecule has 0 aliphatic rings. The fourth-order valence-electron chi connectivity index (χ4n) is 1.24. The molecule has 0 amide bonds. The minimum Gasteiger partial charge on any atom is -0.383 e. The van der Waals surface area contributed by atoms with Crippen LogP contribution in [0.15, 0.2) is 30.3 Å². The first-order valence-electron chi connectivity index (χ1n) is 3.89. The number of anilines is 1. The third kappa shape index (κ3) is 2.28. The quantitative estimate of drug-likeness (QED) is 0.756. The van der Waals surface area contributed by atoms with Crippen LogP contribution in [0.3, 0.4) is 0 Å². The number of nitrogen functional groups attached to an aromatic ring is 1. The molecular weight excluding hydrogens is 219 g/mol. The van der Waals surface area contributed by atoms with Gasteiger partial charge in [-0.15, -0.1) is 24.8 Å². The Hall–Kier alpha value is -0.990. The molecule has 76 valence electrons. The van der Waals surface area contributed by atoms with Crippen molar-refractivity contribution >= 4 is 41.5 Å². The lowest BCUT2D eigenvalue weighted by atomic mass is 10.1. The van der Waals surface area contributed by atoms with Crippen LogP contribution in [0, 0.1) is 6.92 Å². The molecule has 0 spiro atoms. The van der Waals surface area contributed by atoms with E-state index in [2.05, 4.69) is 11.1 Å². The van der Waals surface area contributed by atoms with Gasteiger partial charge in [0.25, 0.3) is 0 Å². The van der Waals surface area contributed by atoms with Crippen LogP contribution in [0.2, 0.25) is 0 Å². The van der Waals surface area contributed by atoms with Crippen molar-refractivity contribution in [3.05, 3.63) is 35.9 Å². The number of fused-ring (bicyclic) bond motifs is 1. The third-order valence-electron chi connectivity index (χ3n) is 1.95. The smallest absolute Gasteiger partial charge is 0.127 e. The molecule has 2 rings (SSSR count). The summed E-state index contributed by atoms with van der Waals surface area (Å²) in [6.07, 6.45) is 0. The molecule has 0 bridgehead atoms. The fraction of sp³-hybridized carbons (Fsp3) is 0.100. The topological polar surface area (TPSA) is 38.9 Å². The highest BCUT2D eigenvalue weighted by atomic mass is 35.5. The van der Waals surface area contributed by atoms with Gasteiger partial charge in [0.05, 0.1) is 5.52 Å². The zero-order chi connectivity index (χ0) is 8.55. The molecule has 0 aliphatic heterocycles. The SMILES string of the molecule is Cc1cc2ccccc2nc1N.Cl.Cl. The number of halogens is 2. The van der Waals surface area contributed by atoms with Crippen molar-refractivity contribution in [1.82, 2.24) is 4.98 Å². The predicted octanol–water partition coefficient (Wildman–Crippen LogP) is 2.97. The molecule has 0 unspecified atom stereocenters. The number of hydrogen-bond donors (Lipinski definition) is 1. The van der Waals surface area contributed by atoms with Crippen LogP contribution in [-0.2, 0) is 0 Å². The number of nitrogens with zero attached hydrogens (tertiary/aromatic N) is 1. The maximum atomic E-state index is 5.67. The zero-order valence-electron chi connectivity index (χ0n) is 7.73. The van der Waals surface area contributed by atoms with E-state index in [9.17, 15) is 0 Å². The van der Waals surface area contributed by atoms with Crippen LogP contribution in [0.4, 0.5) is 5.82 Å². The van der Waals surface area contributed by atoms with Gasteiger partial charge in [-0.2, -0.15) is 0 Å². The summed E-state index contributed by atoms with van der Waals surface area (Å²) in [5.74, 6) is 0.619. The molecule has 1 heterocycles. The van der Waals surface area contributed by atoms with Crippen LogP contribution < -0.4 is 5.73 Å². The van der Waals surface area contributed by atoms with Crippen LogP contribution in [-0.4, -0.2) is 4.98 Å². The van der Waals surface area contributed by atoms with Crippen molar-refractivity contribution in [2.24, 2.45) is 0 Å². The number of nitrogens with two attached hydrogens (primary N) is 1. The number of benzene rings is 1. The lowest BCUT2D eigenvalue weighted by molar-refractivity contribution is 1.34. The molecule has 2 N–H and O–H groups in total. The van der Waals surface area contributed by atoms with E-state index in [0.29, 0.717) is 5.82 Å². The molecule has 2 aromatic rings. The highest BCUT2D eigenvalue weighted by Crippen LogP contribution is 2.16. The molecule has 0 saturated carbocycles. The molecule has 2 nitrogen and oxygen atoms in total. The van der Waals surface area contributed by atoms with Crippen LogP contribution in [0.5, 0.6) is 0 Å². The van der Waals surface area contributed by atoms with E-state index in [1.807, 2.05) is 31.2 Å². The van der Waals surface area contributed by atoms with E-state index >= 15 is 0 Å². The van der Waals surface area contributed by atoms with Crippen molar-refractivity contribution in [2.45, 2.75) is 6.92 Å². The summed E-state index contributed by atoms with van der Waals surface area (Å²) >= 11 is 0. The second-order valence-electron chi connectivity index (χ2n) is 2.88. The molecule has 1 aromatic heterocycles. The second-order valence-corrected chi connectivity index (χ2v) is 2.88. The Morgan fingerprint density at radius 2 is 1.79 bits per heavy atom. The van der Waals surface area contributed by atoms with Gasteiger partial charge in [-0.05, 0) is 24.6 Å². The molecule has 4 heteroatoms. The van der Waals surface area contributed by atoms with Gasteiger partial charge >= 0.3 is 0 Å². The Kier molecular flexibility index (Phi) is 4.68. The zero-order valence-corrected chi connectivity index (χ0v) is 9.36. The van der Waals surface area contributed by atoms with Gasteiger partial charge in [-0.3, -0.25) is 0 Å². The van der Waals surface area contributed by atoms with Gasteiger partial charge in [0.1, 0.15) is 5.82 Å². The Labute approximate surface area is 95.3 Å². The van der Waals surface area contributed by atoms with E-state index in [0.717, 1.165) is 16.5 Å². The molecule has 0 saturated heterocycles. The van der Waals surface area contributed by atoms with E-state index < -0.39 is 0 Å². The lowest BCUT2D eigenvalue weighted by Crippen LogP contribution is -1.93.